The number of carbonyl (C=O) groups is 1. The molecule has 1 atom stereocenters. The van der Waals surface area contributed by atoms with Gasteiger partial charge in [0.2, 0.25) is 5.91 Å². The van der Waals surface area contributed by atoms with Crippen LogP contribution in [0.1, 0.15) is 5.56 Å². The smallest absolute Gasteiger partial charge is 0.231 e. The summed E-state index contributed by atoms with van der Waals surface area (Å²) in [5.74, 6) is 0.540. The summed E-state index contributed by atoms with van der Waals surface area (Å²) in [5.41, 5.74) is 1.71. The fourth-order valence-electron chi connectivity index (χ4n) is 2.21. The molecule has 4 nitrogen and oxygen atoms in total. The largest absolute Gasteiger partial charge is 0.492 e. The number of halogens is 1. The lowest BCUT2D eigenvalue weighted by molar-refractivity contribution is -0.121. The van der Waals surface area contributed by atoms with Gasteiger partial charge in [-0.1, -0.05) is 11.6 Å². The van der Waals surface area contributed by atoms with E-state index in [9.17, 15) is 4.79 Å². The Balaban J connectivity index is 1.72. The number of aromatic nitrogens is 1. The average molecular weight is 289 g/mol. The van der Waals surface area contributed by atoms with Gasteiger partial charge in [-0.3, -0.25) is 9.78 Å². The van der Waals surface area contributed by atoms with E-state index in [1.165, 1.54) is 0 Å². The molecule has 0 spiro atoms. The Labute approximate surface area is 121 Å². The van der Waals surface area contributed by atoms with Crippen molar-refractivity contribution in [2.45, 2.75) is 6.42 Å². The monoisotopic (exact) mass is 288 g/mol. The average Bonchev–Trinajstić information content (AvgIpc) is 2.47. The zero-order chi connectivity index (χ0) is 13.9. The van der Waals surface area contributed by atoms with Crippen LogP contribution in [0, 0.1) is 5.92 Å². The summed E-state index contributed by atoms with van der Waals surface area (Å²) >= 11 is 5.97. The molecule has 0 radical (unpaired) electrons. The van der Waals surface area contributed by atoms with Gasteiger partial charge >= 0.3 is 0 Å². The number of hydrogen-bond acceptors (Lipinski definition) is 3. The summed E-state index contributed by atoms with van der Waals surface area (Å²) in [4.78, 5) is 16.1. The summed E-state index contributed by atoms with van der Waals surface area (Å²) in [6.45, 7) is 0.381. The van der Waals surface area contributed by atoms with Gasteiger partial charge < -0.3 is 10.1 Å². The van der Waals surface area contributed by atoms with Crippen LogP contribution in [0.5, 0.6) is 5.75 Å². The fourth-order valence-corrected chi connectivity index (χ4v) is 2.41. The van der Waals surface area contributed by atoms with Gasteiger partial charge in [-0.05, 0) is 42.3 Å². The minimum Gasteiger partial charge on any atom is -0.492 e. The highest BCUT2D eigenvalue weighted by Gasteiger charge is 2.26. The molecule has 20 heavy (non-hydrogen) atoms. The third kappa shape index (κ3) is 2.75. The van der Waals surface area contributed by atoms with Crippen LogP contribution in [0.15, 0.2) is 42.7 Å². The number of fused-ring (bicyclic) bond motifs is 1. The quantitative estimate of drug-likeness (QED) is 0.924. The molecule has 3 rings (SSSR count). The second kappa shape index (κ2) is 5.51. The van der Waals surface area contributed by atoms with Crippen LogP contribution >= 0.6 is 11.6 Å². The molecule has 0 saturated carbocycles. The summed E-state index contributed by atoms with van der Waals surface area (Å²) in [7, 11) is 0. The molecule has 1 amide bonds. The second-order valence-corrected chi connectivity index (χ2v) is 5.13. The Bertz CT molecular complexity index is 631. The van der Waals surface area contributed by atoms with Gasteiger partial charge in [-0.15, -0.1) is 0 Å². The number of nitrogens with one attached hydrogen (secondary N) is 1. The molecule has 0 aliphatic carbocycles. The number of amides is 1. The van der Waals surface area contributed by atoms with Crippen LogP contribution in [0.25, 0.3) is 0 Å². The van der Waals surface area contributed by atoms with Crippen LogP contribution in [0.4, 0.5) is 5.69 Å². The molecule has 1 aromatic heterocycles. The molecule has 5 heteroatoms. The van der Waals surface area contributed by atoms with E-state index in [4.69, 9.17) is 16.3 Å². The molecule has 2 heterocycles. The van der Waals surface area contributed by atoms with E-state index in [0.717, 1.165) is 17.0 Å². The first-order valence-corrected chi connectivity index (χ1v) is 6.72. The first kappa shape index (κ1) is 12.9. The number of benzene rings is 1. The van der Waals surface area contributed by atoms with Crippen LogP contribution in [0.3, 0.4) is 0 Å². The highest BCUT2D eigenvalue weighted by molar-refractivity contribution is 6.30. The second-order valence-electron chi connectivity index (χ2n) is 4.69. The molecule has 1 aliphatic heterocycles. The van der Waals surface area contributed by atoms with Gasteiger partial charge in [-0.25, -0.2) is 0 Å². The lowest BCUT2D eigenvalue weighted by Crippen LogP contribution is -2.32. The number of ether oxygens (including phenoxy) is 1. The molecule has 0 saturated heterocycles. The van der Waals surface area contributed by atoms with Crippen LogP contribution in [0.2, 0.25) is 5.02 Å². The van der Waals surface area contributed by atoms with E-state index >= 15 is 0 Å². The Kier molecular flexibility index (Phi) is 3.56. The zero-order valence-corrected chi connectivity index (χ0v) is 11.4. The number of rotatable bonds is 2. The standard InChI is InChI=1S/C15H13ClN2O2/c16-12-1-2-14-10(8-12)7-11(9-20-14)15(19)18-13-3-5-17-6-4-13/h1-6,8,11H,7,9H2,(H,17,18,19)/t11-/m1/s1. The Morgan fingerprint density at radius 1 is 1.30 bits per heavy atom. The maximum Gasteiger partial charge on any atom is 0.231 e. The van der Waals surface area contributed by atoms with Crippen molar-refractivity contribution < 1.29 is 9.53 Å². The fraction of sp³-hybridized carbons (Fsp3) is 0.200. The van der Waals surface area contributed by atoms with E-state index in [1.807, 2.05) is 12.1 Å². The van der Waals surface area contributed by atoms with E-state index in [-0.39, 0.29) is 11.8 Å². The van der Waals surface area contributed by atoms with Gasteiger partial charge in [0.1, 0.15) is 12.4 Å². The third-order valence-corrected chi connectivity index (χ3v) is 3.48. The van der Waals surface area contributed by atoms with Crippen LogP contribution in [-0.4, -0.2) is 17.5 Å². The van der Waals surface area contributed by atoms with Crippen molar-refractivity contribution in [3.63, 3.8) is 0 Å². The van der Waals surface area contributed by atoms with Gasteiger partial charge in [0, 0.05) is 23.1 Å². The third-order valence-electron chi connectivity index (χ3n) is 3.25. The van der Waals surface area contributed by atoms with Crippen molar-refractivity contribution in [1.82, 2.24) is 4.98 Å². The van der Waals surface area contributed by atoms with Crippen LogP contribution < -0.4 is 10.1 Å². The predicted octanol–water partition coefficient (Wildman–Crippen LogP) is 2.92. The summed E-state index contributed by atoms with van der Waals surface area (Å²) in [5, 5.41) is 3.52. The van der Waals surface area contributed by atoms with Gasteiger partial charge in [-0.2, -0.15) is 0 Å². The minimum absolute atomic E-state index is 0.0539. The number of carbonyl (C=O) groups excluding carboxylic acids is 1. The van der Waals surface area contributed by atoms with E-state index in [0.29, 0.717) is 18.1 Å². The molecular formula is C15H13ClN2O2. The molecule has 0 fully saturated rings. The van der Waals surface area contributed by atoms with Gasteiger partial charge in [0.15, 0.2) is 0 Å². The van der Waals surface area contributed by atoms with E-state index in [1.54, 1.807) is 30.6 Å². The van der Waals surface area contributed by atoms with Crippen molar-refractivity contribution in [2.75, 3.05) is 11.9 Å². The maximum atomic E-state index is 12.2. The summed E-state index contributed by atoms with van der Waals surface area (Å²) < 4.78 is 5.62. The molecule has 0 unspecified atom stereocenters. The summed E-state index contributed by atoms with van der Waals surface area (Å²) in [6.07, 6.45) is 3.91. The zero-order valence-electron chi connectivity index (χ0n) is 10.7. The molecule has 1 N–H and O–H groups in total. The van der Waals surface area contributed by atoms with Gasteiger partial charge in [0.25, 0.3) is 0 Å². The minimum atomic E-state index is -0.214. The SMILES string of the molecule is O=C(Nc1ccncc1)[C@H]1COc2ccc(Cl)cc2C1. The molecule has 0 bridgehead atoms. The Hall–Kier alpha value is -2.07. The first-order valence-electron chi connectivity index (χ1n) is 6.34. The molecule has 1 aliphatic rings. The van der Waals surface area contributed by atoms with Crippen molar-refractivity contribution in [3.8, 4) is 5.75 Å². The maximum absolute atomic E-state index is 12.2. The Morgan fingerprint density at radius 2 is 2.10 bits per heavy atom. The molecular weight excluding hydrogens is 276 g/mol. The summed E-state index contributed by atoms with van der Waals surface area (Å²) in [6, 6.07) is 8.99. The number of nitrogens with zero attached hydrogens (tertiary/aromatic N) is 1. The normalized spacial score (nSPS) is 16.9. The lowest BCUT2D eigenvalue weighted by atomic mass is 9.96. The highest BCUT2D eigenvalue weighted by atomic mass is 35.5. The van der Waals surface area contributed by atoms with Crippen molar-refractivity contribution >= 4 is 23.2 Å². The number of hydrogen-bond donors (Lipinski definition) is 1. The van der Waals surface area contributed by atoms with E-state index in [2.05, 4.69) is 10.3 Å². The molecule has 1 aromatic carbocycles. The first-order chi connectivity index (χ1) is 9.72. The molecule has 102 valence electrons. The Morgan fingerprint density at radius 3 is 2.90 bits per heavy atom. The van der Waals surface area contributed by atoms with Crippen molar-refractivity contribution in [2.24, 2.45) is 5.92 Å². The van der Waals surface area contributed by atoms with Gasteiger partial charge in [0.05, 0.1) is 5.92 Å². The highest BCUT2D eigenvalue weighted by Crippen LogP contribution is 2.30. The molecule has 2 aromatic rings. The number of pyridine rings is 1. The lowest BCUT2D eigenvalue weighted by Gasteiger charge is -2.24. The van der Waals surface area contributed by atoms with Crippen molar-refractivity contribution in [1.29, 1.82) is 0 Å². The predicted molar refractivity (Wildman–Crippen MR) is 77.0 cm³/mol. The number of anilines is 1. The van der Waals surface area contributed by atoms with E-state index < -0.39 is 0 Å². The van der Waals surface area contributed by atoms with Crippen LogP contribution in [-0.2, 0) is 11.2 Å². The van der Waals surface area contributed by atoms with Crippen molar-refractivity contribution in [3.05, 3.63) is 53.3 Å². The topological polar surface area (TPSA) is 51.2 Å².